The summed E-state index contributed by atoms with van der Waals surface area (Å²) in [4.78, 5) is 0.223. The van der Waals surface area contributed by atoms with Gasteiger partial charge in [-0.05, 0) is 30.7 Å². The van der Waals surface area contributed by atoms with Crippen molar-refractivity contribution in [3.8, 4) is 11.8 Å². The number of rotatable bonds is 4. The predicted molar refractivity (Wildman–Crippen MR) is 65.9 cm³/mol. The smallest absolute Gasteiger partial charge is 0.240 e. The Morgan fingerprint density at radius 1 is 1.29 bits per heavy atom. The third-order valence-corrected chi connectivity index (χ3v) is 3.50. The van der Waals surface area contributed by atoms with E-state index >= 15 is 0 Å². The van der Waals surface area contributed by atoms with Crippen LogP contribution in [0, 0.1) is 11.8 Å². The molecule has 2 N–H and O–H groups in total. The Hall–Kier alpha value is -1.35. The molecular formula is C12H15NO3S. The van der Waals surface area contributed by atoms with Crippen LogP contribution in [0.2, 0.25) is 0 Å². The summed E-state index contributed by atoms with van der Waals surface area (Å²) in [6.07, 6.45) is 0.749. The van der Waals surface area contributed by atoms with Crippen LogP contribution in [0.4, 0.5) is 0 Å². The van der Waals surface area contributed by atoms with E-state index in [-0.39, 0.29) is 11.5 Å². The molecule has 0 aliphatic carbocycles. The largest absolute Gasteiger partial charge is 0.384 e. The van der Waals surface area contributed by atoms with Crippen LogP contribution in [0.1, 0.15) is 18.9 Å². The Balaban J connectivity index is 2.87. The van der Waals surface area contributed by atoms with E-state index in [4.69, 9.17) is 5.11 Å². The van der Waals surface area contributed by atoms with E-state index < -0.39 is 10.0 Å². The molecule has 5 heteroatoms. The second-order valence-corrected chi connectivity index (χ2v) is 5.15. The first kappa shape index (κ1) is 13.7. The lowest BCUT2D eigenvalue weighted by Crippen LogP contribution is -2.24. The van der Waals surface area contributed by atoms with E-state index in [1.807, 2.05) is 6.92 Å². The van der Waals surface area contributed by atoms with Crippen molar-refractivity contribution in [2.75, 3.05) is 13.2 Å². The van der Waals surface area contributed by atoms with Crippen molar-refractivity contribution in [3.05, 3.63) is 29.8 Å². The fourth-order valence-corrected chi connectivity index (χ4v) is 2.31. The van der Waals surface area contributed by atoms with Gasteiger partial charge < -0.3 is 5.11 Å². The number of aliphatic hydroxyl groups is 1. The van der Waals surface area contributed by atoms with Gasteiger partial charge in [0.25, 0.3) is 0 Å². The standard InChI is InChI=1S/C12H15NO3S/c1-2-9-13-17(15,16)12-7-5-11(6-8-12)4-3-10-14/h5-8,13-14H,2,9-10H2,1H3. The van der Waals surface area contributed by atoms with Crippen LogP contribution >= 0.6 is 0 Å². The Morgan fingerprint density at radius 3 is 2.47 bits per heavy atom. The minimum Gasteiger partial charge on any atom is -0.384 e. The molecule has 0 unspecified atom stereocenters. The topological polar surface area (TPSA) is 66.4 Å². The summed E-state index contributed by atoms with van der Waals surface area (Å²) in [5.41, 5.74) is 0.675. The molecule has 0 aliphatic heterocycles. The van der Waals surface area contributed by atoms with Gasteiger partial charge in [0, 0.05) is 12.1 Å². The molecule has 0 spiro atoms. The number of aliphatic hydroxyl groups excluding tert-OH is 1. The number of nitrogens with one attached hydrogen (secondary N) is 1. The average molecular weight is 253 g/mol. The van der Waals surface area contributed by atoms with E-state index in [2.05, 4.69) is 16.6 Å². The zero-order valence-electron chi connectivity index (χ0n) is 9.60. The molecule has 1 aromatic rings. The minimum atomic E-state index is -3.41. The first-order valence-electron chi connectivity index (χ1n) is 5.29. The molecule has 0 saturated carbocycles. The van der Waals surface area contributed by atoms with Crippen molar-refractivity contribution in [2.45, 2.75) is 18.2 Å². The van der Waals surface area contributed by atoms with E-state index in [0.29, 0.717) is 12.1 Å². The van der Waals surface area contributed by atoms with Gasteiger partial charge >= 0.3 is 0 Å². The third-order valence-electron chi connectivity index (χ3n) is 2.02. The molecule has 17 heavy (non-hydrogen) atoms. The Labute approximate surface area is 102 Å². The quantitative estimate of drug-likeness (QED) is 0.777. The fourth-order valence-electron chi connectivity index (χ4n) is 1.18. The monoisotopic (exact) mass is 253 g/mol. The number of hydrogen-bond acceptors (Lipinski definition) is 3. The van der Waals surface area contributed by atoms with Crippen molar-refractivity contribution in [1.29, 1.82) is 0 Å². The maximum absolute atomic E-state index is 11.7. The van der Waals surface area contributed by atoms with Crippen molar-refractivity contribution < 1.29 is 13.5 Å². The lowest BCUT2D eigenvalue weighted by molar-refractivity contribution is 0.350. The van der Waals surface area contributed by atoms with Gasteiger partial charge in [0.05, 0.1) is 4.90 Å². The average Bonchev–Trinajstić information content (AvgIpc) is 2.34. The van der Waals surface area contributed by atoms with Crippen molar-refractivity contribution in [3.63, 3.8) is 0 Å². The first-order valence-corrected chi connectivity index (χ1v) is 6.78. The molecule has 0 radical (unpaired) electrons. The summed E-state index contributed by atoms with van der Waals surface area (Å²) in [7, 11) is -3.41. The van der Waals surface area contributed by atoms with Crippen LogP contribution in [0.15, 0.2) is 29.2 Å². The minimum absolute atomic E-state index is 0.210. The number of benzene rings is 1. The van der Waals surface area contributed by atoms with Crippen LogP contribution in [0.3, 0.4) is 0 Å². The van der Waals surface area contributed by atoms with Crippen LogP contribution in [0.5, 0.6) is 0 Å². The van der Waals surface area contributed by atoms with Crippen LogP contribution in [-0.2, 0) is 10.0 Å². The molecule has 92 valence electrons. The highest BCUT2D eigenvalue weighted by atomic mass is 32.2. The maximum atomic E-state index is 11.7. The third kappa shape index (κ3) is 4.19. The first-order chi connectivity index (χ1) is 8.10. The Morgan fingerprint density at radius 2 is 1.94 bits per heavy atom. The van der Waals surface area contributed by atoms with Gasteiger partial charge in [-0.15, -0.1) is 0 Å². The van der Waals surface area contributed by atoms with Crippen molar-refractivity contribution >= 4 is 10.0 Å². The summed E-state index contributed by atoms with van der Waals surface area (Å²) in [5.74, 6) is 5.20. The molecular weight excluding hydrogens is 238 g/mol. The van der Waals surface area contributed by atoms with Gasteiger partial charge in [-0.2, -0.15) is 0 Å². The zero-order chi connectivity index (χ0) is 12.7. The second kappa shape index (κ2) is 6.40. The van der Waals surface area contributed by atoms with E-state index in [9.17, 15) is 8.42 Å². The van der Waals surface area contributed by atoms with Gasteiger partial charge in [0.2, 0.25) is 10.0 Å². The molecule has 4 nitrogen and oxygen atoms in total. The summed E-state index contributed by atoms with van der Waals surface area (Å²) in [6.45, 7) is 2.11. The summed E-state index contributed by atoms with van der Waals surface area (Å²) < 4.78 is 25.9. The maximum Gasteiger partial charge on any atom is 0.240 e. The normalized spacial score (nSPS) is 10.7. The molecule has 0 aliphatic rings. The lowest BCUT2D eigenvalue weighted by atomic mass is 10.2. The molecule has 1 aromatic carbocycles. The SMILES string of the molecule is CCCNS(=O)(=O)c1ccc(C#CCO)cc1. The molecule has 0 amide bonds. The Bertz CT molecular complexity index is 509. The van der Waals surface area contributed by atoms with Gasteiger partial charge in [-0.1, -0.05) is 18.8 Å². The highest BCUT2D eigenvalue weighted by Gasteiger charge is 2.11. The van der Waals surface area contributed by atoms with E-state index in [1.165, 1.54) is 12.1 Å². The molecule has 0 atom stereocenters. The molecule has 0 bridgehead atoms. The summed E-state index contributed by atoms with van der Waals surface area (Å²) in [5, 5.41) is 8.53. The van der Waals surface area contributed by atoms with E-state index in [0.717, 1.165) is 6.42 Å². The van der Waals surface area contributed by atoms with E-state index in [1.54, 1.807) is 12.1 Å². The van der Waals surface area contributed by atoms with Gasteiger partial charge in [-0.3, -0.25) is 0 Å². The summed E-state index contributed by atoms with van der Waals surface area (Å²) >= 11 is 0. The molecule has 0 saturated heterocycles. The van der Waals surface area contributed by atoms with Crippen LogP contribution in [0.25, 0.3) is 0 Å². The van der Waals surface area contributed by atoms with Crippen LogP contribution in [-0.4, -0.2) is 26.7 Å². The van der Waals surface area contributed by atoms with Crippen LogP contribution < -0.4 is 4.72 Å². The molecule has 0 heterocycles. The predicted octanol–water partition coefficient (Wildman–Crippen LogP) is 0.719. The second-order valence-electron chi connectivity index (χ2n) is 3.38. The molecule has 0 fully saturated rings. The number of sulfonamides is 1. The zero-order valence-corrected chi connectivity index (χ0v) is 10.4. The number of hydrogen-bond donors (Lipinski definition) is 2. The lowest BCUT2D eigenvalue weighted by Gasteiger charge is -2.05. The van der Waals surface area contributed by atoms with Gasteiger partial charge in [-0.25, -0.2) is 13.1 Å². The van der Waals surface area contributed by atoms with Crippen molar-refractivity contribution in [2.24, 2.45) is 0 Å². The highest BCUT2D eigenvalue weighted by molar-refractivity contribution is 7.89. The summed E-state index contributed by atoms with van der Waals surface area (Å²) in [6, 6.07) is 6.23. The highest BCUT2D eigenvalue weighted by Crippen LogP contribution is 2.09. The van der Waals surface area contributed by atoms with Crippen molar-refractivity contribution in [1.82, 2.24) is 4.72 Å². The van der Waals surface area contributed by atoms with Gasteiger partial charge in [0.1, 0.15) is 6.61 Å². The molecule has 1 rings (SSSR count). The molecule has 0 aromatic heterocycles. The Kier molecular flexibility index (Phi) is 5.16. The van der Waals surface area contributed by atoms with Gasteiger partial charge in [0.15, 0.2) is 0 Å². The fraction of sp³-hybridized carbons (Fsp3) is 0.333.